The van der Waals surface area contributed by atoms with Crippen LogP contribution >= 0.6 is 11.8 Å². The summed E-state index contributed by atoms with van der Waals surface area (Å²) in [5, 5.41) is 3.45. The summed E-state index contributed by atoms with van der Waals surface area (Å²) in [6.45, 7) is 5.95. The largest absolute Gasteiger partial charge is 0.333 e. The number of nitrogens with one attached hydrogen (secondary N) is 2. The number of hydrogen-bond acceptors (Lipinski definition) is 3. The van der Waals surface area contributed by atoms with E-state index >= 15 is 0 Å². The number of fused-ring (bicyclic) bond motifs is 1. The first-order chi connectivity index (χ1) is 11.0. The molecule has 23 heavy (non-hydrogen) atoms. The molecule has 4 nitrogen and oxygen atoms in total. The van der Waals surface area contributed by atoms with Crippen LogP contribution in [0.15, 0.2) is 47.6 Å². The highest BCUT2D eigenvalue weighted by molar-refractivity contribution is 8.00. The number of benzene rings is 2. The highest BCUT2D eigenvalue weighted by Gasteiger charge is 2.16. The number of nitrogens with zero attached hydrogens (tertiary/aromatic N) is 1. The van der Waals surface area contributed by atoms with Crippen LogP contribution in [0.3, 0.4) is 0 Å². The third-order valence-corrected chi connectivity index (χ3v) is 4.58. The number of H-pyrrole nitrogens is 1. The molecule has 2 N–H and O–H groups in total. The average molecular weight is 325 g/mol. The molecule has 3 rings (SSSR count). The van der Waals surface area contributed by atoms with Gasteiger partial charge in [0.25, 0.3) is 0 Å². The topological polar surface area (TPSA) is 57.8 Å². The van der Waals surface area contributed by atoms with Crippen molar-refractivity contribution in [1.29, 1.82) is 0 Å². The second-order valence-electron chi connectivity index (χ2n) is 5.68. The second kappa shape index (κ2) is 6.46. The third kappa shape index (κ3) is 3.74. The lowest BCUT2D eigenvalue weighted by Gasteiger charge is -2.10. The van der Waals surface area contributed by atoms with Crippen molar-refractivity contribution in [3.8, 4) is 0 Å². The Morgan fingerprint density at radius 1 is 1.13 bits per heavy atom. The van der Waals surface area contributed by atoms with E-state index in [1.165, 1.54) is 22.9 Å². The van der Waals surface area contributed by atoms with Crippen LogP contribution in [0.4, 0.5) is 5.69 Å². The summed E-state index contributed by atoms with van der Waals surface area (Å²) in [6, 6.07) is 13.9. The Morgan fingerprint density at radius 2 is 1.83 bits per heavy atom. The van der Waals surface area contributed by atoms with Gasteiger partial charge in [-0.3, -0.25) is 4.79 Å². The zero-order chi connectivity index (χ0) is 16.4. The highest BCUT2D eigenvalue weighted by atomic mass is 32.2. The first-order valence-corrected chi connectivity index (χ1v) is 8.40. The first kappa shape index (κ1) is 15.6. The number of carbonyl (C=O) groups is 1. The summed E-state index contributed by atoms with van der Waals surface area (Å²) < 4.78 is 0. The minimum Gasteiger partial charge on any atom is -0.333 e. The van der Waals surface area contributed by atoms with Crippen molar-refractivity contribution >= 4 is 34.4 Å². The summed E-state index contributed by atoms with van der Waals surface area (Å²) in [6.07, 6.45) is 0. The molecular weight excluding hydrogens is 306 g/mol. The minimum atomic E-state index is -0.238. The smallest absolute Gasteiger partial charge is 0.237 e. The summed E-state index contributed by atoms with van der Waals surface area (Å²) >= 11 is 1.43. The number of hydrogen-bond donors (Lipinski definition) is 2. The lowest BCUT2D eigenvalue weighted by molar-refractivity contribution is -0.115. The minimum absolute atomic E-state index is 0.0320. The molecule has 118 valence electrons. The van der Waals surface area contributed by atoms with Gasteiger partial charge in [-0.1, -0.05) is 35.5 Å². The van der Waals surface area contributed by atoms with E-state index in [0.717, 1.165) is 21.9 Å². The Morgan fingerprint density at radius 3 is 2.57 bits per heavy atom. The Labute approximate surface area is 139 Å². The number of amides is 1. The van der Waals surface area contributed by atoms with Crippen molar-refractivity contribution in [2.24, 2.45) is 0 Å². The van der Waals surface area contributed by atoms with E-state index in [4.69, 9.17) is 0 Å². The maximum Gasteiger partial charge on any atom is 0.237 e. The van der Waals surface area contributed by atoms with Gasteiger partial charge in [0.2, 0.25) is 5.91 Å². The molecule has 3 aromatic rings. The van der Waals surface area contributed by atoms with Crippen LogP contribution in [0.25, 0.3) is 11.0 Å². The van der Waals surface area contributed by atoms with Crippen molar-refractivity contribution in [1.82, 2.24) is 9.97 Å². The van der Waals surface area contributed by atoms with Gasteiger partial charge in [0, 0.05) is 5.69 Å². The fraction of sp³-hybridized carbons (Fsp3) is 0.222. The van der Waals surface area contributed by atoms with E-state index in [1.54, 1.807) is 0 Å². The van der Waals surface area contributed by atoms with Gasteiger partial charge in [-0.15, -0.1) is 0 Å². The molecule has 0 saturated heterocycles. The van der Waals surface area contributed by atoms with Crippen LogP contribution in [-0.4, -0.2) is 21.1 Å². The summed E-state index contributed by atoms with van der Waals surface area (Å²) in [5.41, 5.74) is 5.09. The van der Waals surface area contributed by atoms with Crippen molar-refractivity contribution in [2.45, 2.75) is 31.2 Å². The van der Waals surface area contributed by atoms with Gasteiger partial charge in [-0.2, -0.15) is 0 Å². The number of aromatic amines is 1. The predicted molar refractivity (Wildman–Crippen MR) is 96.0 cm³/mol. The molecule has 1 heterocycles. The number of rotatable bonds is 4. The summed E-state index contributed by atoms with van der Waals surface area (Å²) in [4.78, 5) is 20.1. The van der Waals surface area contributed by atoms with E-state index in [-0.39, 0.29) is 11.2 Å². The number of carbonyl (C=O) groups excluding carboxylic acids is 1. The standard InChI is InChI=1S/C18H19N3OS/c1-11-4-7-14(8-5-11)19-17(22)13(3)23-18-20-15-9-6-12(2)10-16(15)21-18/h4-10,13H,1-3H3,(H,19,22)(H,20,21). The molecule has 1 aromatic heterocycles. The SMILES string of the molecule is Cc1ccc(NC(=O)C(C)Sc2nc3ccc(C)cc3[nH]2)cc1. The normalized spacial score (nSPS) is 12.3. The molecule has 5 heteroatoms. The maximum absolute atomic E-state index is 12.3. The molecular formula is C18H19N3OS. The molecule has 1 unspecified atom stereocenters. The Kier molecular flexibility index (Phi) is 4.39. The van der Waals surface area contributed by atoms with Gasteiger partial charge in [0.05, 0.1) is 16.3 Å². The fourth-order valence-electron chi connectivity index (χ4n) is 2.26. The number of thioether (sulfide) groups is 1. The number of aryl methyl sites for hydroxylation is 2. The van der Waals surface area contributed by atoms with Crippen molar-refractivity contribution in [3.05, 3.63) is 53.6 Å². The van der Waals surface area contributed by atoms with Gasteiger partial charge < -0.3 is 10.3 Å². The summed E-state index contributed by atoms with van der Waals surface area (Å²) in [5.74, 6) is -0.0320. The quantitative estimate of drug-likeness (QED) is 0.703. The highest BCUT2D eigenvalue weighted by Crippen LogP contribution is 2.24. The van der Waals surface area contributed by atoms with Crippen LogP contribution in [0.1, 0.15) is 18.1 Å². The van der Waals surface area contributed by atoms with Gasteiger partial charge in [0.1, 0.15) is 0 Å². The molecule has 0 bridgehead atoms. The molecule has 0 fully saturated rings. The Bertz CT molecular complexity index is 839. The van der Waals surface area contributed by atoms with E-state index in [2.05, 4.69) is 21.4 Å². The van der Waals surface area contributed by atoms with E-state index < -0.39 is 0 Å². The fourth-order valence-corrected chi connectivity index (χ4v) is 3.08. The predicted octanol–water partition coefficient (Wildman–Crippen LogP) is 4.30. The van der Waals surface area contributed by atoms with E-state index in [0.29, 0.717) is 0 Å². The van der Waals surface area contributed by atoms with Crippen molar-refractivity contribution < 1.29 is 4.79 Å². The zero-order valence-electron chi connectivity index (χ0n) is 13.4. The molecule has 0 aliphatic carbocycles. The number of anilines is 1. The lowest BCUT2D eigenvalue weighted by Crippen LogP contribution is -2.22. The van der Waals surface area contributed by atoms with Crippen LogP contribution < -0.4 is 5.32 Å². The summed E-state index contributed by atoms with van der Waals surface area (Å²) in [7, 11) is 0. The van der Waals surface area contributed by atoms with Gasteiger partial charge in [0.15, 0.2) is 5.16 Å². The molecule has 1 amide bonds. The first-order valence-electron chi connectivity index (χ1n) is 7.52. The van der Waals surface area contributed by atoms with Crippen LogP contribution in [0.5, 0.6) is 0 Å². The average Bonchev–Trinajstić information content (AvgIpc) is 2.90. The second-order valence-corrected chi connectivity index (χ2v) is 7.01. The molecule has 2 aromatic carbocycles. The van der Waals surface area contributed by atoms with Crippen LogP contribution in [-0.2, 0) is 4.79 Å². The number of aromatic nitrogens is 2. The Hall–Kier alpha value is -2.27. The van der Waals surface area contributed by atoms with Gasteiger partial charge >= 0.3 is 0 Å². The lowest BCUT2D eigenvalue weighted by atomic mass is 10.2. The molecule has 0 radical (unpaired) electrons. The van der Waals surface area contributed by atoms with Crippen molar-refractivity contribution in [2.75, 3.05) is 5.32 Å². The molecule has 0 saturated carbocycles. The zero-order valence-corrected chi connectivity index (χ0v) is 14.2. The van der Waals surface area contributed by atoms with Gasteiger partial charge in [-0.05, 0) is 50.6 Å². The molecule has 0 aliphatic rings. The number of imidazole rings is 1. The molecule has 0 spiro atoms. The van der Waals surface area contributed by atoms with Crippen LogP contribution in [0.2, 0.25) is 0 Å². The molecule has 0 aliphatic heterocycles. The monoisotopic (exact) mass is 325 g/mol. The van der Waals surface area contributed by atoms with Crippen molar-refractivity contribution in [3.63, 3.8) is 0 Å². The maximum atomic E-state index is 12.3. The Balaban J connectivity index is 1.68. The molecule has 1 atom stereocenters. The van der Waals surface area contributed by atoms with Gasteiger partial charge in [-0.25, -0.2) is 4.98 Å². The van der Waals surface area contributed by atoms with E-state index in [9.17, 15) is 4.79 Å². The van der Waals surface area contributed by atoms with E-state index in [1.807, 2.05) is 57.2 Å². The third-order valence-electron chi connectivity index (χ3n) is 3.59. The van der Waals surface area contributed by atoms with Crippen LogP contribution in [0, 0.1) is 13.8 Å².